The zero-order valence-electron chi connectivity index (χ0n) is 12.0. The van der Waals surface area contributed by atoms with Gasteiger partial charge < -0.3 is 10.1 Å². The van der Waals surface area contributed by atoms with Gasteiger partial charge in [-0.3, -0.25) is 4.79 Å². The Labute approximate surface area is 129 Å². The van der Waals surface area contributed by atoms with Crippen molar-refractivity contribution in [2.75, 3.05) is 4.43 Å². The second-order valence-electron chi connectivity index (χ2n) is 6.20. The van der Waals surface area contributed by atoms with Crippen molar-refractivity contribution in [2.45, 2.75) is 64.5 Å². The van der Waals surface area contributed by atoms with E-state index in [1.54, 1.807) is 0 Å². The van der Waals surface area contributed by atoms with Crippen molar-refractivity contribution in [3.63, 3.8) is 0 Å². The predicted molar refractivity (Wildman–Crippen MR) is 83.6 cm³/mol. The number of Topliss-reactive ketones (excluding diaryl/α,β-unsaturated/α-hetero) is 1. The molecule has 1 fully saturated rings. The van der Waals surface area contributed by atoms with E-state index in [9.17, 15) is 9.59 Å². The van der Waals surface area contributed by atoms with Crippen LogP contribution in [0.4, 0.5) is 4.79 Å². The third-order valence-electron chi connectivity index (χ3n) is 3.24. The number of alkyl halides is 1. The summed E-state index contributed by atoms with van der Waals surface area (Å²) < 4.78 is 5.80. The van der Waals surface area contributed by atoms with Gasteiger partial charge in [0, 0.05) is 11.5 Å². The van der Waals surface area contributed by atoms with E-state index in [0.29, 0.717) is 4.43 Å². The standard InChI is InChI=1S/C14H24INO3/c1-14(2,3)16-13(18)19-12(11(17)9-15)10-7-5-4-6-8-10/h10,12H,4-9H2,1-3H3,(H,16,18)/t12-/m0/s1. The molecular weight excluding hydrogens is 357 g/mol. The quantitative estimate of drug-likeness (QED) is 0.600. The van der Waals surface area contributed by atoms with Gasteiger partial charge in [0.05, 0.1) is 4.43 Å². The lowest BCUT2D eigenvalue weighted by Gasteiger charge is -2.30. The van der Waals surface area contributed by atoms with Crippen LogP contribution in [-0.2, 0) is 9.53 Å². The van der Waals surface area contributed by atoms with Crippen LogP contribution in [0.3, 0.4) is 0 Å². The Morgan fingerprint density at radius 2 is 1.84 bits per heavy atom. The summed E-state index contributed by atoms with van der Waals surface area (Å²) in [6.45, 7) is 5.68. The molecule has 19 heavy (non-hydrogen) atoms. The first-order valence-electron chi connectivity index (χ1n) is 6.91. The van der Waals surface area contributed by atoms with Gasteiger partial charge in [0.25, 0.3) is 0 Å². The molecule has 0 aromatic carbocycles. The van der Waals surface area contributed by atoms with E-state index in [0.717, 1.165) is 25.7 Å². The summed E-state index contributed by atoms with van der Waals surface area (Å²) in [5.41, 5.74) is -0.346. The highest BCUT2D eigenvalue weighted by Gasteiger charge is 2.32. The molecule has 0 heterocycles. The monoisotopic (exact) mass is 381 g/mol. The Morgan fingerprint density at radius 3 is 2.32 bits per heavy atom. The smallest absolute Gasteiger partial charge is 0.408 e. The molecule has 4 nitrogen and oxygen atoms in total. The molecule has 0 unspecified atom stereocenters. The van der Waals surface area contributed by atoms with Crippen LogP contribution >= 0.6 is 22.6 Å². The number of ketones is 1. The number of hydrogen-bond donors (Lipinski definition) is 1. The molecular formula is C14H24INO3. The first-order chi connectivity index (χ1) is 8.83. The molecule has 1 atom stereocenters. The number of carbonyl (C=O) groups excluding carboxylic acids is 2. The van der Waals surface area contributed by atoms with Gasteiger partial charge in [-0.25, -0.2) is 4.79 Å². The molecule has 0 saturated heterocycles. The molecule has 0 aromatic rings. The van der Waals surface area contributed by atoms with Crippen LogP contribution in [-0.4, -0.2) is 27.9 Å². The summed E-state index contributed by atoms with van der Waals surface area (Å²) in [7, 11) is 0. The number of nitrogens with one attached hydrogen (secondary N) is 1. The number of carbonyl (C=O) groups is 2. The molecule has 1 aliphatic rings. The second kappa shape index (κ2) is 7.45. The van der Waals surface area contributed by atoms with Crippen LogP contribution in [0.25, 0.3) is 0 Å². The van der Waals surface area contributed by atoms with Gasteiger partial charge in [0.15, 0.2) is 11.9 Å². The van der Waals surface area contributed by atoms with Gasteiger partial charge in [0.1, 0.15) is 0 Å². The van der Waals surface area contributed by atoms with Gasteiger partial charge in [-0.1, -0.05) is 41.9 Å². The van der Waals surface area contributed by atoms with Crippen molar-refractivity contribution < 1.29 is 14.3 Å². The minimum atomic E-state index is -0.570. The van der Waals surface area contributed by atoms with Crippen LogP contribution < -0.4 is 5.32 Å². The molecule has 0 spiro atoms. The fourth-order valence-electron chi connectivity index (χ4n) is 2.39. The van der Waals surface area contributed by atoms with E-state index in [1.807, 2.05) is 43.4 Å². The number of halogens is 1. The minimum Gasteiger partial charge on any atom is -0.438 e. The normalized spacial score (nSPS) is 18.7. The number of rotatable bonds is 4. The van der Waals surface area contributed by atoms with Crippen molar-refractivity contribution in [2.24, 2.45) is 5.92 Å². The number of alkyl carbamates (subject to hydrolysis) is 1. The summed E-state index contributed by atoms with van der Waals surface area (Å²) in [5, 5.41) is 2.75. The van der Waals surface area contributed by atoms with E-state index in [4.69, 9.17) is 4.74 Å². The number of amides is 1. The van der Waals surface area contributed by atoms with Gasteiger partial charge in [0.2, 0.25) is 0 Å². The van der Waals surface area contributed by atoms with Crippen molar-refractivity contribution in [1.82, 2.24) is 5.32 Å². The van der Waals surface area contributed by atoms with Gasteiger partial charge in [-0.15, -0.1) is 0 Å². The lowest BCUT2D eigenvalue weighted by Crippen LogP contribution is -2.45. The lowest BCUT2D eigenvalue weighted by atomic mass is 9.84. The molecule has 1 saturated carbocycles. The van der Waals surface area contributed by atoms with Crippen molar-refractivity contribution >= 4 is 34.5 Å². The van der Waals surface area contributed by atoms with Crippen molar-refractivity contribution in [3.8, 4) is 0 Å². The van der Waals surface area contributed by atoms with Crippen LogP contribution in [0.1, 0.15) is 52.9 Å². The average Bonchev–Trinajstić information content (AvgIpc) is 2.34. The summed E-state index contributed by atoms with van der Waals surface area (Å²) in [4.78, 5) is 23.8. The zero-order valence-corrected chi connectivity index (χ0v) is 14.2. The van der Waals surface area contributed by atoms with Gasteiger partial charge in [-0.2, -0.15) is 0 Å². The highest BCUT2D eigenvalue weighted by atomic mass is 127. The molecule has 0 aliphatic heterocycles. The van der Waals surface area contributed by atoms with E-state index < -0.39 is 12.2 Å². The highest BCUT2D eigenvalue weighted by Crippen LogP contribution is 2.29. The highest BCUT2D eigenvalue weighted by molar-refractivity contribution is 14.1. The summed E-state index contributed by atoms with van der Waals surface area (Å²) in [6.07, 6.45) is 4.38. The molecule has 0 aromatic heterocycles. The van der Waals surface area contributed by atoms with Crippen LogP contribution in [0.2, 0.25) is 0 Å². The number of ether oxygens (including phenoxy) is 1. The van der Waals surface area contributed by atoms with Crippen LogP contribution in [0, 0.1) is 5.92 Å². The van der Waals surface area contributed by atoms with Gasteiger partial charge >= 0.3 is 6.09 Å². The Bertz CT molecular complexity index is 319. The Balaban J connectivity index is 2.64. The molecule has 1 aliphatic carbocycles. The maximum atomic E-state index is 12.0. The molecule has 1 rings (SSSR count). The molecule has 0 radical (unpaired) electrons. The molecule has 110 valence electrons. The summed E-state index contributed by atoms with van der Waals surface area (Å²) in [5.74, 6) is 0.221. The molecule has 5 heteroatoms. The van der Waals surface area contributed by atoms with E-state index >= 15 is 0 Å². The maximum Gasteiger partial charge on any atom is 0.408 e. The van der Waals surface area contributed by atoms with Gasteiger partial charge in [-0.05, 0) is 33.6 Å². The topological polar surface area (TPSA) is 55.4 Å². The van der Waals surface area contributed by atoms with Crippen molar-refractivity contribution in [3.05, 3.63) is 0 Å². The number of hydrogen-bond acceptors (Lipinski definition) is 3. The average molecular weight is 381 g/mol. The third kappa shape index (κ3) is 6.10. The van der Waals surface area contributed by atoms with E-state index in [1.165, 1.54) is 6.42 Å². The summed E-state index contributed by atoms with van der Waals surface area (Å²) in [6, 6.07) is 0. The Kier molecular flexibility index (Phi) is 6.56. The predicted octanol–water partition coefficient (Wildman–Crippen LogP) is 3.46. The first-order valence-corrected chi connectivity index (χ1v) is 8.43. The minimum absolute atomic E-state index is 0.0246. The molecule has 1 amide bonds. The van der Waals surface area contributed by atoms with E-state index in [2.05, 4.69) is 5.32 Å². The third-order valence-corrected chi connectivity index (χ3v) is 3.99. The lowest BCUT2D eigenvalue weighted by molar-refractivity contribution is -0.127. The Hall–Kier alpha value is -0.330. The first kappa shape index (κ1) is 16.7. The molecule has 1 N–H and O–H groups in total. The van der Waals surface area contributed by atoms with Crippen molar-refractivity contribution in [1.29, 1.82) is 0 Å². The maximum absolute atomic E-state index is 12.0. The fraction of sp³-hybridized carbons (Fsp3) is 0.857. The second-order valence-corrected chi connectivity index (χ2v) is 6.96. The van der Waals surface area contributed by atoms with Crippen LogP contribution in [0.5, 0.6) is 0 Å². The van der Waals surface area contributed by atoms with Crippen LogP contribution in [0.15, 0.2) is 0 Å². The largest absolute Gasteiger partial charge is 0.438 e. The fourth-order valence-corrected chi connectivity index (χ4v) is 2.82. The molecule has 0 bridgehead atoms. The van der Waals surface area contributed by atoms with E-state index in [-0.39, 0.29) is 17.2 Å². The summed E-state index contributed by atoms with van der Waals surface area (Å²) >= 11 is 2.04. The zero-order chi connectivity index (χ0) is 14.5. The SMILES string of the molecule is CC(C)(C)NC(=O)O[C@H](C(=O)CI)C1CCCCC1. The Morgan fingerprint density at radius 1 is 1.26 bits per heavy atom.